The summed E-state index contributed by atoms with van der Waals surface area (Å²) in [5.74, 6) is -0.264. The van der Waals surface area contributed by atoms with Gasteiger partial charge in [0.05, 0.1) is 0 Å². The quantitative estimate of drug-likeness (QED) is 0.767. The highest BCUT2D eigenvalue weighted by molar-refractivity contribution is 5.89. The van der Waals surface area contributed by atoms with Crippen LogP contribution in [0.15, 0.2) is 0 Å². The third kappa shape index (κ3) is 2.36. The number of hydrogen-bond donors (Lipinski definition) is 1. The zero-order valence-electron chi connectivity index (χ0n) is 10.4. The monoisotopic (exact) mass is 226 g/mol. The number of likely N-dealkylation sites (tertiary alicyclic amines) is 1. The van der Waals surface area contributed by atoms with E-state index in [0.29, 0.717) is 6.42 Å². The van der Waals surface area contributed by atoms with Crippen molar-refractivity contribution < 1.29 is 9.59 Å². The molecule has 0 aromatic carbocycles. The number of carbonyl (C=O) groups is 2. The van der Waals surface area contributed by atoms with E-state index in [-0.39, 0.29) is 23.8 Å². The van der Waals surface area contributed by atoms with Crippen LogP contribution in [0.1, 0.15) is 46.5 Å². The van der Waals surface area contributed by atoms with Gasteiger partial charge in [0.1, 0.15) is 6.04 Å². The van der Waals surface area contributed by atoms with Gasteiger partial charge in [-0.1, -0.05) is 27.2 Å². The first kappa shape index (κ1) is 13.0. The molecule has 1 heterocycles. The van der Waals surface area contributed by atoms with Gasteiger partial charge < -0.3 is 10.6 Å². The highest BCUT2D eigenvalue weighted by Gasteiger charge is 2.41. The van der Waals surface area contributed by atoms with Crippen molar-refractivity contribution in [3.8, 4) is 0 Å². The fourth-order valence-electron chi connectivity index (χ4n) is 2.59. The Bertz CT molecular complexity index is 278. The molecule has 4 nitrogen and oxygen atoms in total. The second-order valence-corrected chi connectivity index (χ2v) is 4.65. The summed E-state index contributed by atoms with van der Waals surface area (Å²) >= 11 is 0. The highest BCUT2D eigenvalue weighted by Crippen LogP contribution is 2.30. The summed E-state index contributed by atoms with van der Waals surface area (Å²) in [4.78, 5) is 25.1. The number of amides is 2. The smallest absolute Gasteiger partial charge is 0.240 e. The van der Waals surface area contributed by atoms with Gasteiger partial charge in [-0.2, -0.15) is 0 Å². The van der Waals surface area contributed by atoms with E-state index < -0.39 is 6.04 Å². The van der Waals surface area contributed by atoms with E-state index >= 15 is 0 Å². The second-order valence-electron chi connectivity index (χ2n) is 4.65. The van der Waals surface area contributed by atoms with E-state index in [1.165, 1.54) is 0 Å². The molecule has 2 amide bonds. The minimum atomic E-state index is -0.422. The van der Waals surface area contributed by atoms with Crippen LogP contribution in [0.4, 0.5) is 0 Å². The average Bonchev–Trinajstić information content (AvgIpc) is 2.47. The van der Waals surface area contributed by atoms with Crippen LogP contribution in [0.5, 0.6) is 0 Å². The number of nitrogens with two attached hydrogens (primary N) is 1. The summed E-state index contributed by atoms with van der Waals surface area (Å²) in [6, 6.07) is -0.223. The van der Waals surface area contributed by atoms with E-state index in [1.54, 1.807) is 4.90 Å². The number of nitrogens with zero attached hydrogens (tertiary/aromatic N) is 1. The zero-order valence-corrected chi connectivity index (χ0v) is 10.4. The average molecular weight is 226 g/mol. The molecule has 0 bridgehead atoms. The summed E-state index contributed by atoms with van der Waals surface area (Å²) in [6.45, 7) is 5.92. The normalized spacial score (nSPS) is 27.2. The van der Waals surface area contributed by atoms with E-state index in [9.17, 15) is 9.59 Å². The molecule has 4 heteroatoms. The maximum atomic E-state index is 12.0. The molecule has 0 aliphatic carbocycles. The zero-order chi connectivity index (χ0) is 12.3. The molecular formula is C12H22N2O2. The summed E-state index contributed by atoms with van der Waals surface area (Å²) in [6.07, 6.45) is 3.45. The summed E-state index contributed by atoms with van der Waals surface area (Å²) in [7, 11) is 0. The molecule has 1 rings (SSSR count). The number of rotatable bonds is 5. The molecule has 0 aromatic heterocycles. The lowest BCUT2D eigenvalue weighted by Gasteiger charge is -2.30. The van der Waals surface area contributed by atoms with Crippen LogP contribution >= 0.6 is 0 Å². The van der Waals surface area contributed by atoms with Crippen LogP contribution in [0.3, 0.4) is 0 Å². The summed E-state index contributed by atoms with van der Waals surface area (Å²) in [5.41, 5.74) is 5.36. The lowest BCUT2D eigenvalue weighted by molar-refractivity contribution is -0.139. The largest absolute Gasteiger partial charge is 0.368 e. The van der Waals surface area contributed by atoms with E-state index in [1.807, 2.05) is 13.8 Å². The van der Waals surface area contributed by atoms with Crippen molar-refractivity contribution in [3.05, 3.63) is 0 Å². The Morgan fingerprint density at radius 3 is 2.62 bits per heavy atom. The molecular weight excluding hydrogens is 204 g/mol. The molecule has 16 heavy (non-hydrogen) atoms. The van der Waals surface area contributed by atoms with Crippen LogP contribution in [0, 0.1) is 5.92 Å². The van der Waals surface area contributed by atoms with Crippen LogP contribution in [0.25, 0.3) is 0 Å². The van der Waals surface area contributed by atoms with Crippen molar-refractivity contribution in [1.29, 1.82) is 0 Å². The van der Waals surface area contributed by atoms with Crippen LogP contribution in [0.2, 0.25) is 0 Å². The van der Waals surface area contributed by atoms with Gasteiger partial charge in [-0.15, -0.1) is 0 Å². The van der Waals surface area contributed by atoms with Crippen LogP contribution in [-0.4, -0.2) is 28.8 Å². The van der Waals surface area contributed by atoms with Gasteiger partial charge >= 0.3 is 0 Å². The van der Waals surface area contributed by atoms with E-state index in [2.05, 4.69) is 6.92 Å². The second kappa shape index (κ2) is 5.32. The Kier molecular flexibility index (Phi) is 4.33. The third-order valence-corrected chi connectivity index (χ3v) is 3.37. The Labute approximate surface area is 97.2 Å². The Morgan fingerprint density at radius 2 is 2.19 bits per heavy atom. The molecule has 1 fully saturated rings. The van der Waals surface area contributed by atoms with Gasteiger partial charge in [0.25, 0.3) is 0 Å². The molecule has 2 unspecified atom stereocenters. The van der Waals surface area contributed by atoms with Crippen molar-refractivity contribution in [1.82, 2.24) is 4.90 Å². The SMILES string of the molecule is CCCC1CC(C)C(=O)N1[C@@H](CC)C(N)=O. The van der Waals surface area contributed by atoms with Gasteiger partial charge in [-0.05, 0) is 19.3 Å². The Balaban J connectivity index is 2.87. The maximum absolute atomic E-state index is 12.0. The van der Waals surface area contributed by atoms with Crippen molar-refractivity contribution in [2.24, 2.45) is 11.7 Å². The Hall–Kier alpha value is -1.06. The minimum Gasteiger partial charge on any atom is -0.368 e. The molecule has 3 atom stereocenters. The topological polar surface area (TPSA) is 63.4 Å². The Morgan fingerprint density at radius 1 is 1.56 bits per heavy atom. The molecule has 2 N–H and O–H groups in total. The maximum Gasteiger partial charge on any atom is 0.240 e. The minimum absolute atomic E-state index is 0.0324. The van der Waals surface area contributed by atoms with Gasteiger partial charge in [0, 0.05) is 12.0 Å². The molecule has 0 spiro atoms. The molecule has 0 radical (unpaired) electrons. The fourth-order valence-corrected chi connectivity index (χ4v) is 2.59. The van der Waals surface area contributed by atoms with Gasteiger partial charge in [0.15, 0.2) is 0 Å². The van der Waals surface area contributed by atoms with E-state index in [0.717, 1.165) is 19.3 Å². The van der Waals surface area contributed by atoms with Gasteiger partial charge in [0.2, 0.25) is 11.8 Å². The number of hydrogen-bond acceptors (Lipinski definition) is 2. The fraction of sp³-hybridized carbons (Fsp3) is 0.833. The number of carbonyl (C=O) groups excluding carboxylic acids is 2. The lowest BCUT2D eigenvalue weighted by Crippen LogP contribution is -2.49. The van der Waals surface area contributed by atoms with Crippen LogP contribution < -0.4 is 5.73 Å². The highest BCUT2D eigenvalue weighted by atomic mass is 16.2. The lowest BCUT2D eigenvalue weighted by atomic mass is 10.0. The number of primary amides is 1. The molecule has 1 aliphatic heterocycles. The van der Waals surface area contributed by atoms with Crippen molar-refractivity contribution >= 4 is 11.8 Å². The predicted molar refractivity (Wildman–Crippen MR) is 62.6 cm³/mol. The van der Waals surface area contributed by atoms with Crippen molar-refractivity contribution in [2.75, 3.05) is 0 Å². The first-order chi connectivity index (χ1) is 7.52. The van der Waals surface area contributed by atoms with Gasteiger partial charge in [-0.3, -0.25) is 9.59 Å². The summed E-state index contributed by atoms with van der Waals surface area (Å²) in [5, 5.41) is 0. The predicted octanol–water partition coefficient (Wildman–Crippen LogP) is 1.29. The van der Waals surface area contributed by atoms with Crippen molar-refractivity contribution in [2.45, 2.75) is 58.5 Å². The van der Waals surface area contributed by atoms with Gasteiger partial charge in [-0.25, -0.2) is 0 Å². The molecule has 1 saturated heterocycles. The third-order valence-electron chi connectivity index (χ3n) is 3.37. The molecule has 0 aromatic rings. The molecule has 92 valence electrons. The molecule has 0 saturated carbocycles. The molecule has 1 aliphatic rings. The van der Waals surface area contributed by atoms with E-state index in [4.69, 9.17) is 5.73 Å². The van der Waals surface area contributed by atoms with Crippen LogP contribution in [-0.2, 0) is 9.59 Å². The van der Waals surface area contributed by atoms with Crippen molar-refractivity contribution in [3.63, 3.8) is 0 Å². The first-order valence-corrected chi connectivity index (χ1v) is 6.14. The summed E-state index contributed by atoms with van der Waals surface area (Å²) < 4.78 is 0. The first-order valence-electron chi connectivity index (χ1n) is 6.14. The standard InChI is InChI=1S/C12H22N2O2/c1-4-6-9-7-8(3)12(16)14(9)10(5-2)11(13)15/h8-10H,4-7H2,1-3H3,(H2,13,15)/t8?,9?,10-/m0/s1.